The normalized spacial score (nSPS) is 15.7. The molecule has 1 saturated heterocycles. The number of anilines is 1. The van der Waals surface area contributed by atoms with E-state index in [9.17, 15) is 4.79 Å². The van der Waals surface area contributed by atoms with Crippen molar-refractivity contribution in [2.75, 3.05) is 25.1 Å². The number of methoxy groups -OCH3 is 1. The number of aryl methyl sites for hydroxylation is 1. The summed E-state index contributed by atoms with van der Waals surface area (Å²) in [4.78, 5) is 22.4. The van der Waals surface area contributed by atoms with Gasteiger partial charge in [0, 0.05) is 30.9 Å². The summed E-state index contributed by atoms with van der Waals surface area (Å²) >= 11 is 0. The molecule has 0 unspecified atom stereocenters. The van der Waals surface area contributed by atoms with Gasteiger partial charge in [-0.15, -0.1) is 0 Å². The molecule has 1 heterocycles. The number of hydrogen-bond acceptors (Lipinski definition) is 5. The van der Waals surface area contributed by atoms with Gasteiger partial charge in [0.1, 0.15) is 6.79 Å². The predicted octanol–water partition coefficient (Wildman–Crippen LogP) is 5.71. The van der Waals surface area contributed by atoms with E-state index < -0.39 is 0 Å². The smallest absolute Gasteiger partial charge is 0.338 e. The van der Waals surface area contributed by atoms with Crippen molar-refractivity contribution < 1.29 is 14.3 Å². The SMILES string of the molecule is C=O.CC.COC(=O)c1cc(N2CC[C@H](N[C@H](C)c3cccc4ccccc34)C2)ccc1C. The first kappa shape index (κ1) is 26.1. The molecule has 4 rings (SSSR count). The molecule has 3 aromatic rings. The maximum atomic E-state index is 12.0. The van der Waals surface area contributed by atoms with Crippen LogP contribution in [0.3, 0.4) is 0 Å². The van der Waals surface area contributed by atoms with Gasteiger partial charge in [0.25, 0.3) is 0 Å². The summed E-state index contributed by atoms with van der Waals surface area (Å²) in [6, 6.07) is 21.8. The van der Waals surface area contributed by atoms with Crippen molar-refractivity contribution in [1.29, 1.82) is 0 Å². The quantitative estimate of drug-likeness (QED) is 0.507. The fourth-order valence-electron chi connectivity index (χ4n) is 4.34. The summed E-state index contributed by atoms with van der Waals surface area (Å²) in [5.41, 5.74) is 4.01. The Kier molecular flexibility index (Phi) is 10.1. The molecular weight excluding hydrogens is 412 g/mol. The average Bonchev–Trinajstić information content (AvgIpc) is 3.34. The molecule has 0 aliphatic carbocycles. The Morgan fingerprint density at radius 2 is 1.79 bits per heavy atom. The summed E-state index contributed by atoms with van der Waals surface area (Å²) in [5, 5.41) is 6.40. The van der Waals surface area contributed by atoms with Crippen molar-refractivity contribution in [3.05, 3.63) is 77.4 Å². The summed E-state index contributed by atoms with van der Waals surface area (Å²) in [6.45, 7) is 12.1. The summed E-state index contributed by atoms with van der Waals surface area (Å²) in [6.07, 6.45) is 1.08. The van der Waals surface area contributed by atoms with Gasteiger partial charge < -0.3 is 19.7 Å². The van der Waals surface area contributed by atoms with Gasteiger partial charge in [-0.1, -0.05) is 62.4 Å². The van der Waals surface area contributed by atoms with E-state index in [0.29, 0.717) is 11.6 Å². The third kappa shape index (κ3) is 6.20. The molecule has 5 nitrogen and oxygen atoms in total. The number of fused-ring (bicyclic) bond motifs is 1. The second-order valence-corrected chi connectivity index (χ2v) is 7.88. The Bertz CT molecular complexity index is 1040. The lowest BCUT2D eigenvalue weighted by molar-refractivity contribution is -0.0980. The topological polar surface area (TPSA) is 58.6 Å². The molecule has 0 radical (unpaired) electrons. The fourth-order valence-corrected chi connectivity index (χ4v) is 4.34. The van der Waals surface area contributed by atoms with Gasteiger partial charge in [0.15, 0.2) is 0 Å². The molecule has 1 N–H and O–H groups in total. The molecule has 1 aliphatic rings. The second kappa shape index (κ2) is 12.8. The molecule has 2 atom stereocenters. The number of rotatable bonds is 5. The van der Waals surface area contributed by atoms with Crippen molar-refractivity contribution in [1.82, 2.24) is 5.32 Å². The molecule has 0 aromatic heterocycles. The van der Waals surface area contributed by atoms with Gasteiger partial charge in [0.2, 0.25) is 0 Å². The number of carbonyl (C=O) groups excluding carboxylic acids is 2. The highest BCUT2D eigenvalue weighted by atomic mass is 16.5. The first-order valence-electron chi connectivity index (χ1n) is 11.5. The zero-order chi connectivity index (χ0) is 24.4. The number of nitrogens with zero attached hydrogens (tertiary/aromatic N) is 1. The van der Waals surface area contributed by atoms with Crippen LogP contribution in [-0.4, -0.2) is 39.0 Å². The highest BCUT2D eigenvalue weighted by Gasteiger charge is 2.25. The molecule has 3 aromatic carbocycles. The number of hydrogen-bond donors (Lipinski definition) is 1. The molecular formula is C28H36N2O3. The van der Waals surface area contributed by atoms with Crippen molar-refractivity contribution >= 4 is 29.2 Å². The number of esters is 1. The van der Waals surface area contributed by atoms with Gasteiger partial charge >= 0.3 is 5.97 Å². The van der Waals surface area contributed by atoms with Crippen molar-refractivity contribution in [2.24, 2.45) is 0 Å². The Morgan fingerprint density at radius 1 is 1.09 bits per heavy atom. The zero-order valence-electron chi connectivity index (χ0n) is 20.4. The monoisotopic (exact) mass is 448 g/mol. The number of benzene rings is 3. The van der Waals surface area contributed by atoms with E-state index in [2.05, 4.69) is 65.7 Å². The van der Waals surface area contributed by atoms with Crippen LogP contribution in [0.5, 0.6) is 0 Å². The Balaban J connectivity index is 0.000000914. The van der Waals surface area contributed by atoms with Gasteiger partial charge in [-0.05, 0) is 54.3 Å². The van der Waals surface area contributed by atoms with E-state index in [1.54, 1.807) is 0 Å². The lowest BCUT2D eigenvalue weighted by Crippen LogP contribution is -2.34. The molecule has 1 aliphatic heterocycles. The average molecular weight is 449 g/mol. The van der Waals surface area contributed by atoms with Crippen LogP contribution in [0.2, 0.25) is 0 Å². The first-order chi connectivity index (χ1) is 16.1. The van der Waals surface area contributed by atoms with Crippen LogP contribution in [0, 0.1) is 6.92 Å². The van der Waals surface area contributed by atoms with Crippen LogP contribution in [0.4, 0.5) is 5.69 Å². The Hall–Kier alpha value is -3.18. The van der Waals surface area contributed by atoms with Gasteiger partial charge in [-0.2, -0.15) is 0 Å². The molecule has 0 amide bonds. The van der Waals surface area contributed by atoms with E-state index >= 15 is 0 Å². The van der Waals surface area contributed by atoms with Crippen LogP contribution in [-0.2, 0) is 9.53 Å². The molecule has 0 saturated carbocycles. The minimum Gasteiger partial charge on any atom is -0.465 e. The van der Waals surface area contributed by atoms with Crippen molar-refractivity contribution in [3.63, 3.8) is 0 Å². The minimum atomic E-state index is -0.275. The van der Waals surface area contributed by atoms with Crippen molar-refractivity contribution in [3.8, 4) is 0 Å². The minimum absolute atomic E-state index is 0.273. The highest BCUT2D eigenvalue weighted by molar-refractivity contribution is 5.92. The highest BCUT2D eigenvalue weighted by Crippen LogP contribution is 2.27. The van der Waals surface area contributed by atoms with Crippen LogP contribution < -0.4 is 10.2 Å². The van der Waals surface area contributed by atoms with E-state index in [1.807, 2.05) is 39.7 Å². The largest absolute Gasteiger partial charge is 0.465 e. The van der Waals surface area contributed by atoms with Crippen LogP contribution in [0.15, 0.2) is 60.7 Å². The van der Waals surface area contributed by atoms with E-state index in [4.69, 9.17) is 9.53 Å². The van der Waals surface area contributed by atoms with Crippen molar-refractivity contribution in [2.45, 2.75) is 46.2 Å². The van der Waals surface area contributed by atoms with E-state index in [0.717, 1.165) is 30.8 Å². The number of ether oxygens (including phenoxy) is 1. The maximum Gasteiger partial charge on any atom is 0.338 e. The van der Waals surface area contributed by atoms with E-state index in [1.165, 1.54) is 23.4 Å². The molecule has 0 spiro atoms. The van der Waals surface area contributed by atoms with Gasteiger partial charge in [0.05, 0.1) is 12.7 Å². The third-order valence-corrected chi connectivity index (χ3v) is 5.96. The fraction of sp³-hybridized carbons (Fsp3) is 0.357. The molecule has 176 valence electrons. The van der Waals surface area contributed by atoms with Crippen LogP contribution in [0.1, 0.15) is 54.7 Å². The van der Waals surface area contributed by atoms with Crippen LogP contribution >= 0.6 is 0 Å². The Morgan fingerprint density at radius 3 is 2.52 bits per heavy atom. The summed E-state index contributed by atoms with van der Waals surface area (Å²) in [7, 11) is 1.43. The summed E-state index contributed by atoms with van der Waals surface area (Å²) < 4.78 is 4.92. The maximum absolute atomic E-state index is 12.0. The van der Waals surface area contributed by atoms with Gasteiger partial charge in [-0.25, -0.2) is 4.79 Å². The molecule has 1 fully saturated rings. The standard InChI is InChI=1S/C25H28N2O2.C2H6.CH2O/c1-17-11-12-21(15-24(17)25(28)29-3)27-14-13-20(16-27)26-18(2)22-10-6-8-19-7-4-5-9-23(19)22;2*1-2/h4-12,15,18,20,26H,13-14,16H2,1-3H3;1-2H3;1H2/t18-,20+;;/m1../s1. The third-order valence-electron chi connectivity index (χ3n) is 5.96. The molecule has 0 bridgehead atoms. The zero-order valence-corrected chi connectivity index (χ0v) is 20.4. The van der Waals surface area contributed by atoms with Crippen LogP contribution in [0.25, 0.3) is 10.8 Å². The summed E-state index contributed by atoms with van der Waals surface area (Å²) in [5.74, 6) is -0.275. The Labute approximate surface area is 197 Å². The molecule has 5 heteroatoms. The second-order valence-electron chi connectivity index (χ2n) is 7.88. The first-order valence-corrected chi connectivity index (χ1v) is 11.5. The van der Waals surface area contributed by atoms with E-state index in [-0.39, 0.29) is 12.0 Å². The lowest BCUT2D eigenvalue weighted by atomic mass is 9.99. The lowest BCUT2D eigenvalue weighted by Gasteiger charge is -2.23. The number of nitrogens with one attached hydrogen (secondary N) is 1. The number of carbonyl (C=O) groups is 2. The van der Waals surface area contributed by atoms with Gasteiger partial charge in [-0.3, -0.25) is 0 Å². The molecule has 33 heavy (non-hydrogen) atoms. The predicted molar refractivity (Wildman–Crippen MR) is 137 cm³/mol.